The van der Waals surface area contributed by atoms with Crippen molar-refractivity contribution in [1.82, 2.24) is 4.98 Å². The Kier molecular flexibility index (Phi) is 3.77. The number of hydrogen-bond acceptors (Lipinski definition) is 2. The summed E-state index contributed by atoms with van der Waals surface area (Å²) in [5, 5.41) is 1.38. The first-order valence-corrected chi connectivity index (χ1v) is 5.90. The van der Waals surface area contributed by atoms with Gasteiger partial charge in [-0.05, 0) is 29.3 Å². The summed E-state index contributed by atoms with van der Waals surface area (Å²) in [5.74, 6) is 0.457. The smallest absolute Gasteiger partial charge is 0.214 e. The highest BCUT2D eigenvalue weighted by molar-refractivity contribution is 6.42. The van der Waals surface area contributed by atoms with E-state index in [2.05, 4.69) is 4.98 Å². The molecule has 0 aliphatic carbocycles. The number of aromatic nitrogens is 1. The Morgan fingerprint density at radius 2 is 1.71 bits per heavy atom. The maximum absolute atomic E-state index is 5.97. The lowest BCUT2D eigenvalue weighted by Gasteiger charge is -2.06. The van der Waals surface area contributed by atoms with Crippen LogP contribution in [0.2, 0.25) is 15.2 Å². The summed E-state index contributed by atoms with van der Waals surface area (Å²) in [6, 6.07) is 8.89. The van der Waals surface area contributed by atoms with Gasteiger partial charge in [-0.15, -0.1) is 0 Å². The molecule has 1 aromatic heterocycles. The van der Waals surface area contributed by atoms with E-state index in [1.54, 1.807) is 24.3 Å². The van der Waals surface area contributed by atoms with E-state index in [4.69, 9.17) is 39.5 Å². The van der Waals surface area contributed by atoms with E-state index in [1.807, 2.05) is 6.07 Å². The maximum atomic E-state index is 5.97. The zero-order chi connectivity index (χ0) is 12.4. The Balaban J connectivity index is 2.52. The van der Waals surface area contributed by atoms with Gasteiger partial charge < -0.3 is 4.74 Å². The van der Waals surface area contributed by atoms with Crippen molar-refractivity contribution in [3.63, 3.8) is 0 Å². The summed E-state index contributed by atoms with van der Waals surface area (Å²) in [4.78, 5) is 4.00. The van der Waals surface area contributed by atoms with E-state index in [0.29, 0.717) is 21.1 Å². The van der Waals surface area contributed by atoms with Crippen LogP contribution in [0.5, 0.6) is 5.88 Å². The molecule has 0 amide bonds. The third-order valence-electron chi connectivity index (χ3n) is 2.23. The molecule has 0 atom stereocenters. The van der Waals surface area contributed by atoms with Crippen molar-refractivity contribution in [3.8, 4) is 17.0 Å². The lowest BCUT2D eigenvalue weighted by atomic mass is 10.1. The van der Waals surface area contributed by atoms with Crippen LogP contribution in [-0.2, 0) is 0 Å². The molecular weight excluding hydrogens is 280 g/mol. The summed E-state index contributed by atoms with van der Waals surface area (Å²) in [7, 11) is 1.54. The molecule has 1 aromatic carbocycles. The van der Waals surface area contributed by atoms with Gasteiger partial charge in [-0.25, -0.2) is 4.98 Å². The van der Waals surface area contributed by atoms with E-state index in [9.17, 15) is 0 Å². The molecule has 2 aromatic rings. The molecule has 2 rings (SSSR count). The largest absolute Gasteiger partial charge is 0.481 e. The molecule has 2 nitrogen and oxygen atoms in total. The number of methoxy groups -OCH3 is 1. The van der Waals surface area contributed by atoms with Crippen LogP contribution in [0, 0.1) is 0 Å². The molecule has 17 heavy (non-hydrogen) atoms. The van der Waals surface area contributed by atoms with E-state index < -0.39 is 0 Å². The first kappa shape index (κ1) is 12.5. The fourth-order valence-corrected chi connectivity index (χ4v) is 1.92. The summed E-state index contributed by atoms with van der Waals surface area (Å²) >= 11 is 17.7. The highest BCUT2D eigenvalue weighted by atomic mass is 35.5. The third-order valence-corrected chi connectivity index (χ3v) is 3.17. The van der Waals surface area contributed by atoms with E-state index >= 15 is 0 Å². The number of benzene rings is 1. The van der Waals surface area contributed by atoms with Gasteiger partial charge in [0.25, 0.3) is 0 Å². The van der Waals surface area contributed by atoms with Crippen molar-refractivity contribution in [2.75, 3.05) is 7.11 Å². The average molecular weight is 289 g/mol. The molecule has 0 bridgehead atoms. The molecule has 5 heteroatoms. The van der Waals surface area contributed by atoms with Gasteiger partial charge in [0.1, 0.15) is 5.15 Å². The van der Waals surface area contributed by atoms with Crippen LogP contribution in [0.1, 0.15) is 0 Å². The van der Waals surface area contributed by atoms with Gasteiger partial charge in [0.2, 0.25) is 5.88 Å². The van der Waals surface area contributed by atoms with Crippen molar-refractivity contribution in [3.05, 3.63) is 45.5 Å². The van der Waals surface area contributed by atoms with Crippen LogP contribution in [0.3, 0.4) is 0 Å². The lowest BCUT2D eigenvalue weighted by molar-refractivity contribution is 0.398. The van der Waals surface area contributed by atoms with Gasteiger partial charge in [0.05, 0.1) is 17.2 Å². The van der Waals surface area contributed by atoms with Gasteiger partial charge in [-0.2, -0.15) is 0 Å². The second-order valence-electron chi connectivity index (χ2n) is 3.35. The standard InChI is InChI=1S/C12H8Cl3NO/c1-17-12-6-8(5-11(15)16-12)7-2-3-9(13)10(14)4-7/h2-6H,1H3. The SMILES string of the molecule is COc1cc(-c2ccc(Cl)c(Cl)c2)cc(Cl)n1. The Morgan fingerprint density at radius 1 is 0.941 bits per heavy atom. The Bertz CT molecular complexity index is 557. The number of ether oxygens (including phenoxy) is 1. The number of pyridine rings is 1. The second-order valence-corrected chi connectivity index (χ2v) is 4.55. The van der Waals surface area contributed by atoms with Crippen molar-refractivity contribution in [2.24, 2.45) is 0 Å². The number of hydrogen-bond donors (Lipinski definition) is 0. The highest BCUT2D eigenvalue weighted by Gasteiger charge is 2.06. The quantitative estimate of drug-likeness (QED) is 0.746. The van der Waals surface area contributed by atoms with Crippen molar-refractivity contribution < 1.29 is 4.74 Å². The molecule has 88 valence electrons. The van der Waals surface area contributed by atoms with Gasteiger partial charge in [-0.3, -0.25) is 0 Å². The first-order valence-electron chi connectivity index (χ1n) is 4.77. The third kappa shape index (κ3) is 2.83. The van der Waals surface area contributed by atoms with Crippen molar-refractivity contribution in [1.29, 1.82) is 0 Å². The Hall–Kier alpha value is -0.960. The van der Waals surface area contributed by atoms with Crippen LogP contribution in [0.25, 0.3) is 11.1 Å². The predicted octanol–water partition coefficient (Wildman–Crippen LogP) is 4.72. The molecule has 0 unspecified atom stereocenters. The predicted molar refractivity (Wildman–Crippen MR) is 71.3 cm³/mol. The summed E-state index contributed by atoms with van der Waals surface area (Å²) in [5.41, 5.74) is 1.78. The highest BCUT2D eigenvalue weighted by Crippen LogP contribution is 2.30. The average Bonchev–Trinajstić information content (AvgIpc) is 2.32. The van der Waals surface area contributed by atoms with Crippen LogP contribution in [-0.4, -0.2) is 12.1 Å². The minimum atomic E-state index is 0.366. The van der Waals surface area contributed by atoms with E-state index in [0.717, 1.165) is 11.1 Å². The van der Waals surface area contributed by atoms with E-state index in [1.165, 1.54) is 7.11 Å². The van der Waals surface area contributed by atoms with Crippen molar-refractivity contribution in [2.45, 2.75) is 0 Å². The molecule has 0 fully saturated rings. The lowest BCUT2D eigenvalue weighted by Crippen LogP contribution is -1.89. The topological polar surface area (TPSA) is 22.1 Å². The summed E-state index contributed by atoms with van der Waals surface area (Å²) in [6.45, 7) is 0. The minimum Gasteiger partial charge on any atom is -0.481 e. The Morgan fingerprint density at radius 3 is 2.35 bits per heavy atom. The zero-order valence-corrected chi connectivity index (χ0v) is 11.1. The number of rotatable bonds is 2. The molecular formula is C12H8Cl3NO. The molecule has 0 spiro atoms. The fraction of sp³-hybridized carbons (Fsp3) is 0.0833. The molecule has 0 N–H and O–H groups in total. The van der Waals surface area contributed by atoms with Gasteiger partial charge in [-0.1, -0.05) is 40.9 Å². The fourth-order valence-electron chi connectivity index (χ4n) is 1.42. The van der Waals surface area contributed by atoms with Gasteiger partial charge in [0.15, 0.2) is 0 Å². The Labute approximate surface area is 114 Å². The van der Waals surface area contributed by atoms with Crippen LogP contribution < -0.4 is 4.74 Å². The molecule has 0 aliphatic heterocycles. The monoisotopic (exact) mass is 287 g/mol. The van der Waals surface area contributed by atoms with E-state index in [-0.39, 0.29) is 0 Å². The minimum absolute atomic E-state index is 0.366. The molecule has 0 saturated carbocycles. The molecule has 0 radical (unpaired) electrons. The maximum Gasteiger partial charge on any atom is 0.214 e. The summed E-state index contributed by atoms with van der Waals surface area (Å²) in [6.07, 6.45) is 0. The number of nitrogens with zero attached hydrogens (tertiary/aromatic N) is 1. The summed E-state index contributed by atoms with van der Waals surface area (Å²) < 4.78 is 5.06. The van der Waals surface area contributed by atoms with Crippen LogP contribution in [0.15, 0.2) is 30.3 Å². The molecule has 0 saturated heterocycles. The van der Waals surface area contributed by atoms with Crippen LogP contribution in [0.4, 0.5) is 0 Å². The van der Waals surface area contributed by atoms with Crippen LogP contribution >= 0.6 is 34.8 Å². The van der Waals surface area contributed by atoms with Crippen molar-refractivity contribution >= 4 is 34.8 Å². The first-order chi connectivity index (χ1) is 8.10. The van der Waals surface area contributed by atoms with Gasteiger partial charge >= 0.3 is 0 Å². The normalized spacial score (nSPS) is 10.4. The second kappa shape index (κ2) is 5.13. The molecule has 1 heterocycles. The zero-order valence-electron chi connectivity index (χ0n) is 8.88. The number of halogens is 3. The van der Waals surface area contributed by atoms with Gasteiger partial charge in [0, 0.05) is 6.07 Å². The molecule has 0 aliphatic rings.